The van der Waals surface area contributed by atoms with Gasteiger partial charge in [0.25, 0.3) is 0 Å². The van der Waals surface area contributed by atoms with Crippen molar-refractivity contribution in [3.8, 4) is 0 Å². The van der Waals surface area contributed by atoms with E-state index in [0.717, 1.165) is 19.4 Å². The quantitative estimate of drug-likeness (QED) is 0.749. The highest BCUT2D eigenvalue weighted by Gasteiger charge is 2.28. The fourth-order valence-corrected chi connectivity index (χ4v) is 2.20. The van der Waals surface area contributed by atoms with E-state index in [1.165, 1.54) is 11.0 Å². The minimum absolute atomic E-state index is 0.0583. The molecule has 0 aliphatic carbocycles. The number of nitrogens with two attached hydrogens (primary N) is 1. The van der Waals surface area contributed by atoms with Crippen molar-refractivity contribution >= 4 is 5.91 Å². The van der Waals surface area contributed by atoms with Crippen LogP contribution in [0.25, 0.3) is 0 Å². The second-order valence-corrected chi connectivity index (χ2v) is 4.58. The topological polar surface area (TPSA) is 89.9 Å². The molecule has 1 aromatic heterocycles. The molecule has 94 valence electrons. The van der Waals surface area contributed by atoms with E-state index in [0.29, 0.717) is 12.5 Å². The average Bonchev–Trinajstić information content (AvgIpc) is 2.82. The summed E-state index contributed by atoms with van der Waals surface area (Å²) in [7, 11) is 0. The number of hydrogen-bond acceptors (Lipinski definition) is 5. The molecule has 2 atom stereocenters. The Kier molecular flexibility index (Phi) is 3.68. The summed E-state index contributed by atoms with van der Waals surface area (Å²) in [6.07, 6.45) is 3.57. The molecule has 1 saturated heterocycles. The van der Waals surface area contributed by atoms with Crippen LogP contribution in [-0.4, -0.2) is 50.1 Å². The van der Waals surface area contributed by atoms with Crippen LogP contribution >= 0.6 is 0 Å². The summed E-state index contributed by atoms with van der Waals surface area (Å²) in [5.41, 5.74) is 5.67. The fourth-order valence-electron chi connectivity index (χ4n) is 2.20. The minimum atomic E-state index is 0.0583. The summed E-state index contributed by atoms with van der Waals surface area (Å²) in [5.74, 6) is 0.479. The smallest absolute Gasteiger partial charge is 0.244 e. The van der Waals surface area contributed by atoms with Crippen LogP contribution in [0.15, 0.2) is 6.33 Å². The minimum Gasteiger partial charge on any atom is -0.338 e. The molecule has 0 saturated carbocycles. The SMILES string of the molecule is CC1CCC(CN)CN1C(=O)Cn1cnnn1. The zero-order valence-electron chi connectivity index (χ0n) is 9.99. The average molecular weight is 238 g/mol. The highest BCUT2D eigenvalue weighted by Crippen LogP contribution is 2.21. The second-order valence-electron chi connectivity index (χ2n) is 4.58. The predicted octanol–water partition coefficient (Wildman–Crippen LogP) is -0.741. The molecule has 1 aromatic rings. The summed E-state index contributed by atoms with van der Waals surface area (Å²) in [5, 5.41) is 10.7. The Morgan fingerprint density at radius 1 is 1.53 bits per heavy atom. The molecule has 2 N–H and O–H groups in total. The Labute approximate surface area is 100.0 Å². The maximum Gasteiger partial charge on any atom is 0.244 e. The normalized spacial score (nSPS) is 24.9. The molecule has 7 nitrogen and oxygen atoms in total. The van der Waals surface area contributed by atoms with Gasteiger partial charge in [-0.3, -0.25) is 4.79 Å². The lowest BCUT2D eigenvalue weighted by atomic mass is 9.93. The summed E-state index contributed by atoms with van der Waals surface area (Å²) < 4.78 is 1.45. The molecular formula is C10H18N6O. The third-order valence-corrected chi connectivity index (χ3v) is 3.32. The summed E-state index contributed by atoms with van der Waals surface area (Å²) in [4.78, 5) is 14.0. The molecule has 2 heterocycles. The molecule has 1 amide bonds. The van der Waals surface area contributed by atoms with Crippen LogP contribution in [0, 0.1) is 5.92 Å². The van der Waals surface area contributed by atoms with Gasteiger partial charge in [-0.1, -0.05) is 0 Å². The summed E-state index contributed by atoms with van der Waals surface area (Å²) >= 11 is 0. The first kappa shape index (κ1) is 12.0. The van der Waals surface area contributed by atoms with Crippen LogP contribution in [0.3, 0.4) is 0 Å². The molecule has 1 aliphatic rings. The number of carbonyl (C=O) groups excluding carboxylic acids is 1. The molecule has 2 rings (SSSR count). The number of rotatable bonds is 3. The van der Waals surface area contributed by atoms with E-state index in [2.05, 4.69) is 22.4 Å². The van der Waals surface area contributed by atoms with E-state index in [1.807, 2.05) is 4.90 Å². The van der Waals surface area contributed by atoms with Crippen LogP contribution in [0.2, 0.25) is 0 Å². The molecule has 0 radical (unpaired) electrons. The highest BCUT2D eigenvalue weighted by atomic mass is 16.2. The van der Waals surface area contributed by atoms with Crippen molar-refractivity contribution in [2.75, 3.05) is 13.1 Å². The number of amides is 1. The maximum absolute atomic E-state index is 12.1. The number of tetrazole rings is 1. The maximum atomic E-state index is 12.1. The lowest BCUT2D eigenvalue weighted by Gasteiger charge is -2.37. The van der Waals surface area contributed by atoms with Crippen molar-refractivity contribution in [2.24, 2.45) is 11.7 Å². The van der Waals surface area contributed by atoms with Gasteiger partial charge in [-0.15, -0.1) is 5.10 Å². The lowest BCUT2D eigenvalue weighted by Crippen LogP contribution is -2.48. The molecule has 1 fully saturated rings. The number of carbonyl (C=O) groups is 1. The van der Waals surface area contributed by atoms with Gasteiger partial charge < -0.3 is 10.6 Å². The van der Waals surface area contributed by atoms with E-state index in [-0.39, 0.29) is 18.5 Å². The van der Waals surface area contributed by atoms with Gasteiger partial charge in [0.1, 0.15) is 12.9 Å². The first-order valence-electron chi connectivity index (χ1n) is 5.91. The number of likely N-dealkylation sites (tertiary alicyclic amines) is 1. The first-order chi connectivity index (χ1) is 8.20. The zero-order valence-corrected chi connectivity index (χ0v) is 9.99. The van der Waals surface area contributed by atoms with Crippen LogP contribution in [0.5, 0.6) is 0 Å². The van der Waals surface area contributed by atoms with Crippen LogP contribution < -0.4 is 5.73 Å². The first-order valence-corrected chi connectivity index (χ1v) is 5.91. The van der Waals surface area contributed by atoms with E-state index in [1.54, 1.807) is 0 Å². The number of nitrogens with zero attached hydrogens (tertiary/aromatic N) is 5. The van der Waals surface area contributed by atoms with E-state index in [4.69, 9.17) is 5.73 Å². The standard InChI is InChI=1S/C10H18N6O/c1-8-2-3-9(4-11)5-16(8)10(17)6-15-7-12-13-14-15/h7-9H,2-6,11H2,1H3. The largest absolute Gasteiger partial charge is 0.338 e. The molecule has 0 bridgehead atoms. The van der Waals surface area contributed by atoms with Gasteiger partial charge in [0, 0.05) is 12.6 Å². The molecule has 0 aromatic carbocycles. The van der Waals surface area contributed by atoms with Gasteiger partial charge in [-0.2, -0.15) is 0 Å². The lowest BCUT2D eigenvalue weighted by molar-refractivity contribution is -0.136. The third kappa shape index (κ3) is 2.79. The number of aromatic nitrogens is 4. The fraction of sp³-hybridized carbons (Fsp3) is 0.800. The van der Waals surface area contributed by atoms with Crippen LogP contribution in [0.4, 0.5) is 0 Å². The molecule has 0 spiro atoms. The molecule has 1 aliphatic heterocycles. The van der Waals surface area contributed by atoms with Gasteiger partial charge in [0.05, 0.1) is 0 Å². The number of hydrogen-bond donors (Lipinski definition) is 1. The van der Waals surface area contributed by atoms with Crippen LogP contribution in [-0.2, 0) is 11.3 Å². The van der Waals surface area contributed by atoms with Crippen molar-refractivity contribution < 1.29 is 4.79 Å². The van der Waals surface area contributed by atoms with E-state index < -0.39 is 0 Å². The molecule has 17 heavy (non-hydrogen) atoms. The Bertz CT molecular complexity index is 365. The van der Waals surface area contributed by atoms with E-state index >= 15 is 0 Å². The second kappa shape index (κ2) is 5.22. The Morgan fingerprint density at radius 3 is 3.00 bits per heavy atom. The van der Waals surface area contributed by atoms with Gasteiger partial charge >= 0.3 is 0 Å². The van der Waals surface area contributed by atoms with Crippen molar-refractivity contribution in [3.05, 3.63) is 6.33 Å². The van der Waals surface area contributed by atoms with Crippen molar-refractivity contribution in [1.29, 1.82) is 0 Å². The van der Waals surface area contributed by atoms with Crippen molar-refractivity contribution in [3.63, 3.8) is 0 Å². The number of piperidine rings is 1. The summed E-state index contributed by atoms with van der Waals surface area (Å²) in [6.45, 7) is 3.67. The zero-order chi connectivity index (χ0) is 12.3. The molecular weight excluding hydrogens is 220 g/mol. The van der Waals surface area contributed by atoms with Crippen molar-refractivity contribution in [2.45, 2.75) is 32.4 Å². The Morgan fingerprint density at radius 2 is 2.35 bits per heavy atom. The van der Waals surface area contributed by atoms with Crippen LogP contribution in [0.1, 0.15) is 19.8 Å². The third-order valence-electron chi connectivity index (χ3n) is 3.32. The molecule has 2 unspecified atom stereocenters. The Hall–Kier alpha value is -1.50. The van der Waals surface area contributed by atoms with E-state index in [9.17, 15) is 4.79 Å². The predicted molar refractivity (Wildman–Crippen MR) is 60.8 cm³/mol. The monoisotopic (exact) mass is 238 g/mol. The van der Waals surface area contributed by atoms with Gasteiger partial charge in [-0.05, 0) is 42.7 Å². The summed E-state index contributed by atoms with van der Waals surface area (Å²) in [6, 6.07) is 0.279. The highest BCUT2D eigenvalue weighted by molar-refractivity contribution is 5.76. The molecule has 7 heteroatoms. The van der Waals surface area contributed by atoms with Crippen molar-refractivity contribution in [1.82, 2.24) is 25.1 Å². The Balaban J connectivity index is 1.97. The van der Waals surface area contributed by atoms with Gasteiger partial charge in [0.15, 0.2) is 0 Å². The van der Waals surface area contributed by atoms with Gasteiger partial charge in [-0.25, -0.2) is 4.68 Å². The van der Waals surface area contributed by atoms with Gasteiger partial charge in [0.2, 0.25) is 5.91 Å².